The Bertz CT molecular complexity index is 898. The van der Waals surface area contributed by atoms with Gasteiger partial charge in [0.1, 0.15) is 11.6 Å². The number of aliphatic hydroxyl groups is 1. The van der Waals surface area contributed by atoms with E-state index in [0.717, 1.165) is 37.1 Å². The fourth-order valence-electron chi connectivity index (χ4n) is 4.40. The molecule has 9 heteroatoms. The lowest BCUT2D eigenvalue weighted by Crippen LogP contribution is -2.46. The molecule has 7 nitrogen and oxygen atoms in total. The van der Waals surface area contributed by atoms with E-state index in [9.17, 15) is 23.5 Å². The van der Waals surface area contributed by atoms with Gasteiger partial charge in [-0.05, 0) is 74.2 Å². The van der Waals surface area contributed by atoms with Gasteiger partial charge in [0.05, 0.1) is 19.2 Å². The van der Waals surface area contributed by atoms with E-state index < -0.39 is 0 Å². The van der Waals surface area contributed by atoms with Crippen LogP contribution in [0.25, 0.3) is 0 Å². The minimum absolute atomic E-state index is 0.0685. The number of halogens is 2. The minimum Gasteiger partial charge on any atom is -0.392 e. The van der Waals surface area contributed by atoms with Crippen molar-refractivity contribution in [2.75, 3.05) is 39.3 Å². The largest absolute Gasteiger partial charge is 0.392 e. The van der Waals surface area contributed by atoms with Crippen LogP contribution in [0.4, 0.5) is 8.78 Å². The van der Waals surface area contributed by atoms with Crippen molar-refractivity contribution in [1.29, 1.82) is 0 Å². The molecule has 0 bridgehead atoms. The Morgan fingerprint density at radius 3 is 1.78 bits per heavy atom. The summed E-state index contributed by atoms with van der Waals surface area (Å²) >= 11 is 0. The quantitative estimate of drug-likeness (QED) is 0.415. The van der Waals surface area contributed by atoms with E-state index in [1.54, 1.807) is 31.2 Å². The predicted octanol–water partition coefficient (Wildman–Crippen LogP) is 2.29. The highest BCUT2D eigenvalue weighted by Crippen LogP contribution is 2.18. The number of nitrogens with zero attached hydrogens (tertiary/aromatic N) is 2. The van der Waals surface area contributed by atoms with Gasteiger partial charge < -0.3 is 20.6 Å². The predicted molar refractivity (Wildman–Crippen MR) is 134 cm³/mol. The number of carbonyl (C=O) groups is 2. The molecule has 1 fully saturated rings. The summed E-state index contributed by atoms with van der Waals surface area (Å²) in [5.41, 5.74) is 1.58. The average Bonchev–Trinajstić information content (AvgIpc) is 2.84. The molecule has 0 aromatic heterocycles. The summed E-state index contributed by atoms with van der Waals surface area (Å²) in [6, 6.07) is 11.9. The van der Waals surface area contributed by atoms with Crippen LogP contribution in [0.1, 0.15) is 30.9 Å². The number of likely N-dealkylation sites (tertiary alicyclic amines) is 1. The van der Waals surface area contributed by atoms with Gasteiger partial charge in [-0.1, -0.05) is 24.3 Å². The second-order valence-corrected chi connectivity index (χ2v) is 9.57. The van der Waals surface area contributed by atoms with E-state index in [2.05, 4.69) is 15.5 Å². The highest BCUT2D eigenvalue weighted by atomic mass is 19.1. The first-order chi connectivity index (χ1) is 17.3. The fourth-order valence-corrected chi connectivity index (χ4v) is 4.40. The van der Waals surface area contributed by atoms with Crippen LogP contribution in [0.15, 0.2) is 48.5 Å². The Hall–Kier alpha value is -2.88. The maximum Gasteiger partial charge on any atom is 0.234 e. The Morgan fingerprint density at radius 2 is 1.36 bits per heavy atom. The average molecular weight is 503 g/mol. The number of nitrogens with one attached hydrogen (secondary N) is 2. The van der Waals surface area contributed by atoms with Crippen LogP contribution in [0, 0.1) is 17.6 Å². The SMILES string of the molecule is C[C@@H](O)CN1CCC(CN(CC(=O)NCc2ccc(F)cc2)CC(=O)NCc2ccc(F)cc2)CC1. The van der Waals surface area contributed by atoms with Gasteiger partial charge in [-0.15, -0.1) is 0 Å². The van der Waals surface area contributed by atoms with Crippen LogP contribution in [-0.4, -0.2) is 72.1 Å². The Kier molecular flexibility index (Phi) is 10.8. The highest BCUT2D eigenvalue weighted by molar-refractivity contribution is 5.81. The van der Waals surface area contributed by atoms with Crippen molar-refractivity contribution in [1.82, 2.24) is 20.4 Å². The number of amides is 2. The molecule has 2 aromatic carbocycles. The monoisotopic (exact) mass is 502 g/mol. The van der Waals surface area contributed by atoms with E-state index in [-0.39, 0.29) is 55.7 Å². The zero-order valence-electron chi connectivity index (χ0n) is 20.8. The van der Waals surface area contributed by atoms with Gasteiger partial charge in [0.15, 0.2) is 0 Å². The van der Waals surface area contributed by atoms with Gasteiger partial charge >= 0.3 is 0 Å². The molecule has 0 unspecified atom stereocenters. The molecule has 1 aliphatic rings. The third kappa shape index (κ3) is 10.0. The zero-order chi connectivity index (χ0) is 25.9. The second kappa shape index (κ2) is 14.0. The molecular weight excluding hydrogens is 466 g/mol. The standard InChI is InChI=1S/C27H36F2N4O3/c1-20(34)16-32-12-10-23(11-13-32)17-33(18-26(35)30-14-21-2-6-24(28)7-3-21)19-27(36)31-15-22-4-8-25(29)9-5-22/h2-9,20,23,34H,10-19H2,1H3,(H,30,35)(H,31,36)/t20-/m1/s1. The molecule has 196 valence electrons. The second-order valence-electron chi connectivity index (χ2n) is 9.57. The molecule has 3 rings (SSSR count). The number of carbonyl (C=O) groups excluding carboxylic acids is 2. The minimum atomic E-state index is -0.368. The number of benzene rings is 2. The number of aliphatic hydroxyl groups excluding tert-OH is 1. The molecule has 1 atom stereocenters. The van der Waals surface area contributed by atoms with Gasteiger partial charge in [0, 0.05) is 26.2 Å². The van der Waals surface area contributed by atoms with Crippen LogP contribution in [0.3, 0.4) is 0 Å². The van der Waals surface area contributed by atoms with E-state index in [1.807, 2.05) is 4.90 Å². The molecule has 1 heterocycles. The number of rotatable bonds is 12. The van der Waals surface area contributed by atoms with E-state index in [0.29, 0.717) is 19.0 Å². The summed E-state index contributed by atoms with van der Waals surface area (Å²) in [4.78, 5) is 29.4. The third-order valence-corrected chi connectivity index (χ3v) is 6.29. The molecule has 2 amide bonds. The van der Waals surface area contributed by atoms with Crippen molar-refractivity contribution in [2.24, 2.45) is 5.92 Å². The lowest BCUT2D eigenvalue weighted by Gasteiger charge is -2.35. The summed E-state index contributed by atoms with van der Waals surface area (Å²) < 4.78 is 26.2. The van der Waals surface area contributed by atoms with Crippen molar-refractivity contribution in [2.45, 2.75) is 39.0 Å². The smallest absolute Gasteiger partial charge is 0.234 e. The van der Waals surface area contributed by atoms with Gasteiger partial charge in [-0.3, -0.25) is 14.5 Å². The van der Waals surface area contributed by atoms with Gasteiger partial charge in [0.2, 0.25) is 11.8 Å². The van der Waals surface area contributed by atoms with Gasteiger partial charge in [-0.2, -0.15) is 0 Å². The summed E-state index contributed by atoms with van der Waals surface area (Å²) in [5, 5.41) is 15.3. The molecule has 1 saturated heterocycles. The molecule has 0 radical (unpaired) electrons. The Morgan fingerprint density at radius 1 is 0.917 bits per heavy atom. The lowest BCUT2D eigenvalue weighted by molar-refractivity contribution is -0.125. The highest BCUT2D eigenvalue weighted by Gasteiger charge is 2.24. The maximum absolute atomic E-state index is 13.1. The first-order valence-electron chi connectivity index (χ1n) is 12.4. The first kappa shape index (κ1) is 27.7. The number of hydrogen-bond donors (Lipinski definition) is 3. The van der Waals surface area contributed by atoms with Crippen LogP contribution >= 0.6 is 0 Å². The van der Waals surface area contributed by atoms with Crippen molar-refractivity contribution in [3.63, 3.8) is 0 Å². The van der Waals surface area contributed by atoms with Crippen molar-refractivity contribution >= 4 is 11.8 Å². The molecule has 3 N–H and O–H groups in total. The van der Waals surface area contributed by atoms with Crippen LogP contribution < -0.4 is 10.6 Å². The van der Waals surface area contributed by atoms with Crippen LogP contribution in [0.2, 0.25) is 0 Å². The van der Waals surface area contributed by atoms with Crippen molar-refractivity contribution < 1.29 is 23.5 Å². The molecule has 1 aliphatic heterocycles. The number of β-amino-alcohol motifs (C(OH)–C–C–N with tert-alkyl or cyclic N) is 1. The number of piperidine rings is 1. The van der Waals surface area contributed by atoms with E-state index in [1.165, 1.54) is 24.3 Å². The van der Waals surface area contributed by atoms with Gasteiger partial charge in [-0.25, -0.2) is 8.78 Å². The summed E-state index contributed by atoms with van der Waals surface area (Å²) in [6.07, 6.45) is 1.49. The third-order valence-electron chi connectivity index (χ3n) is 6.29. The topological polar surface area (TPSA) is 84.9 Å². The van der Waals surface area contributed by atoms with Crippen molar-refractivity contribution in [3.8, 4) is 0 Å². The molecular formula is C27H36F2N4O3. The Balaban J connectivity index is 1.53. The molecule has 0 aliphatic carbocycles. The van der Waals surface area contributed by atoms with Crippen molar-refractivity contribution in [3.05, 3.63) is 71.3 Å². The zero-order valence-corrected chi connectivity index (χ0v) is 20.8. The normalized spacial score (nSPS) is 15.6. The van der Waals surface area contributed by atoms with E-state index >= 15 is 0 Å². The molecule has 0 saturated carbocycles. The summed E-state index contributed by atoms with van der Waals surface area (Å²) in [6.45, 7) is 5.47. The van der Waals surface area contributed by atoms with E-state index in [4.69, 9.17) is 0 Å². The Labute approximate surface area is 211 Å². The lowest BCUT2D eigenvalue weighted by atomic mass is 9.96. The van der Waals surface area contributed by atoms with Crippen LogP contribution in [0.5, 0.6) is 0 Å². The molecule has 2 aromatic rings. The fraction of sp³-hybridized carbons (Fsp3) is 0.481. The van der Waals surface area contributed by atoms with Gasteiger partial charge in [0.25, 0.3) is 0 Å². The number of hydrogen-bond acceptors (Lipinski definition) is 5. The molecule has 0 spiro atoms. The summed E-state index contributed by atoms with van der Waals surface area (Å²) in [7, 11) is 0. The first-order valence-corrected chi connectivity index (χ1v) is 12.4. The van der Waals surface area contributed by atoms with Crippen LogP contribution in [-0.2, 0) is 22.7 Å². The summed E-state index contributed by atoms with van der Waals surface area (Å²) in [5.74, 6) is -0.746. The maximum atomic E-state index is 13.1. The molecule has 36 heavy (non-hydrogen) atoms.